The molecular weight excluding hydrogens is 68.0 g/mol. The molecule has 0 unspecified atom stereocenters. The van der Waals surface area contributed by atoms with Gasteiger partial charge in [0.1, 0.15) is 0 Å². The third-order valence-electron chi connectivity index (χ3n) is 0.158. The molecule has 0 aromatic rings. The average Bonchev–Trinajstić information content (AvgIpc) is 1.14. The Labute approximate surface area is 36.7 Å². The van der Waals surface area contributed by atoms with E-state index >= 15 is 0 Å². The van der Waals surface area contributed by atoms with Crippen molar-refractivity contribution in [3.05, 3.63) is 0 Å². The summed E-state index contributed by atoms with van der Waals surface area (Å²) >= 11 is 0. The van der Waals surface area contributed by atoms with Gasteiger partial charge in [0.25, 0.3) is 0 Å². The van der Waals surface area contributed by atoms with Gasteiger partial charge in [-0.3, -0.25) is 0 Å². The second-order valence-electron chi connectivity index (χ2n) is 0.493. The molecule has 0 aliphatic heterocycles. The van der Waals surface area contributed by atoms with Crippen LogP contribution >= 0.6 is 0 Å². The molecule has 0 bridgehead atoms. The van der Waals surface area contributed by atoms with Gasteiger partial charge in [0, 0.05) is 13.1 Å². The molecule has 0 spiro atoms. The van der Waals surface area contributed by atoms with Crippen LogP contribution < -0.4 is 0 Å². The number of hydrogen-bond donors (Lipinski definition) is 2. The lowest BCUT2D eigenvalue weighted by atomic mass is 10.5. The van der Waals surface area contributed by atoms with Gasteiger partial charge in [-0.15, -0.1) is 0 Å². The van der Waals surface area contributed by atoms with E-state index in [1.807, 2.05) is 0 Å². The van der Waals surface area contributed by atoms with Crippen LogP contribution in [0.2, 0.25) is 0 Å². The van der Waals surface area contributed by atoms with Gasteiger partial charge in [0.05, 0.1) is 5.48 Å². The molecule has 32 valence electrons. The molecule has 0 rings (SSSR count). The van der Waals surface area contributed by atoms with Gasteiger partial charge in [-0.2, -0.15) is 0 Å². The highest BCUT2D eigenvalue weighted by molar-refractivity contribution is 4.22. The van der Waals surface area contributed by atoms with E-state index < -0.39 is 19.5 Å². The first-order valence-corrected chi connectivity index (χ1v) is 1.15. The lowest BCUT2D eigenvalue weighted by Gasteiger charge is -1.79. The minimum Gasteiger partial charge on any atom is -0.396 e. The van der Waals surface area contributed by atoms with Crippen LogP contribution in [0.1, 0.15) is 11.9 Å². The standard InChI is InChI=1S/C3H8O2/c4-2-1-3-5/h4-5H,1-3H2/i2D2,3D2. The van der Waals surface area contributed by atoms with Gasteiger partial charge in [0.15, 0.2) is 0 Å². The molecule has 5 heavy (non-hydrogen) atoms. The van der Waals surface area contributed by atoms with Crippen molar-refractivity contribution in [2.75, 3.05) is 13.1 Å². The van der Waals surface area contributed by atoms with E-state index in [1.54, 1.807) is 0 Å². The fourth-order valence-electron chi connectivity index (χ4n) is 0.0354. The molecule has 2 N–H and O–H groups in total. The molecule has 2 heteroatoms. The van der Waals surface area contributed by atoms with Crippen LogP contribution in [0.15, 0.2) is 0 Å². The van der Waals surface area contributed by atoms with Crippen molar-refractivity contribution in [3.63, 3.8) is 0 Å². The molecule has 0 heterocycles. The van der Waals surface area contributed by atoms with Crippen molar-refractivity contribution in [1.82, 2.24) is 0 Å². The van der Waals surface area contributed by atoms with Crippen molar-refractivity contribution in [2.24, 2.45) is 0 Å². The van der Waals surface area contributed by atoms with Gasteiger partial charge >= 0.3 is 0 Å². The second kappa shape index (κ2) is 3.92. The van der Waals surface area contributed by atoms with Gasteiger partial charge < -0.3 is 10.2 Å². The zero-order valence-corrected chi connectivity index (χ0v) is 2.60. The van der Waals surface area contributed by atoms with E-state index in [-0.39, 0.29) is 0 Å². The van der Waals surface area contributed by atoms with Crippen molar-refractivity contribution >= 4 is 0 Å². The molecule has 0 aliphatic rings. The van der Waals surface area contributed by atoms with E-state index in [2.05, 4.69) is 0 Å². The Morgan fingerprint density at radius 1 is 1.40 bits per heavy atom. The van der Waals surface area contributed by atoms with Crippen LogP contribution in [0.5, 0.6) is 0 Å². The monoisotopic (exact) mass is 80.1 g/mol. The van der Waals surface area contributed by atoms with Crippen LogP contribution in [-0.4, -0.2) is 23.3 Å². The summed E-state index contributed by atoms with van der Waals surface area (Å²) in [5.41, 5.74) is 0. The third-order valence-corrected chi connectivity index (χ3v) is 0.158. The summed E-state index contributed by atoms with van der Waals surface area (Å²) < 4.78 is 25.6. The van der Waals surface area contributed by atoms with Crippen molar-refractivity contribution in [1.29, 1.82) is 0 Å². The first-order valence-electron chi connectivity index (χ1n) is 3.15. The molecule has 0 fully saturated rings. The smallest absolute Gasteiger partial charge is 0.0565 e. The highest BCUT2D eigenvalue weighted by Gasteiger charge is 1.70. The summed E-state index contributed by atoms with van der Waals surface area (Å²) in [6.07, 6.45) is -0.931. The molecule has 0 atom stereocenters. The average molecular weight is 80.1 g/mol. The number of hydrogen-bond acceptors (Lipinski definition) is 2. The van der Waals surface area contributed by atoms with E-state index in [1.165, 1.54) is 0 Å². The van der Waals surface area contributed by atoms with Crippen molar-refractivity contribution in [2.45, 2.75) is 6.42 Å². The van der Waals surface area contributed by atoms with Crippen molar-refractivity contribution < 1.29 is 15.7 Å². The maximum Gasteiger partial charge on any atom is 0.0565 e. The Morgan fingerprint density at radius 2 is 1.80 bits per heavy atom. The molecule has 0 radical (unpaired) electrons. The summed E-state index contributed by atoms with van der Waals surface area (Å²) in [7, 11) is 0. The number of rotatable bonds is 2. The minimum atomic E-state index is -2.64. The lowest BCUT2D eigenvalue weighted by Crippen LogP contribution is -1.85. The molecular formula is C3H8O2. The maximum atomic E-state index is 8.29. The van der Waals surface area contributed by atoms with E-state index in [0.29, 0.717) is 0 Å². The van der Waals surface area contributed by atoms with E-state index in [4.69, 9.17) is 15.7 Å². The summed E-state index contributed by atoms with van der Waals surface area (Å²) in [6, 6.07) is 0. The maximum absolute atomic E-state index is 8.29. The highest BCUT2D eigenvalue weighted by atomic mass is 16.3. The summed E-state index contributed by atoms with van der Waals surface area (Å²) in [4.78, 5) is 0. The molecule has 0 saturated carbocycles. The van der Waals surface area contributed by atoms with Crippen LogP contribution in [0, 0.1) is 0 Å². The topological polar surface area (TPSA) is 40.5 Å². The summed E-state index contributed by atoms with van der Waals surface area (Å²) in [5, 5.41) is 16.6. The largest absolute Gasteiger partial charge is 0.396 e. The van der Waals surface area contributed by atoms with Gasteiger partial charge in [-0.05, 0) is 6.42 Å². The van der Waals surface area contributed by atoms with Crippen molar-refractivity contribution in [3.8, 4) is 0 Å². The fraction of sp³-hybridized carbons (Fsp3) is 1.00. The van der Waals surface area contributed by atoms with Crippen LogP contribution in [-0.2, 0) is 0 Å². The lowest BCUT2D eigenvalue weighted by molar-refractivity contribution is 0.221. The first-order chi connectivity index (χ1) is 3.71. The van der Waals surface area contributed by atoms with Gasteiger partial charge in [-0.25, -0.2) is 0 Å². The summed E-state index contributed by atoms with van der Waals surface area (Å²) in [5.74, 6) is 0. The molecule has 0 saturated heterocycles. The van der Waals surface area contributed by atoms with Crippen LogP contribution in [0.4, 0.5) is 0 Å². The molecule has 0 amide bonds. The highest BCUT2D eigenvalue weighted by Crippen LogP contribution is 1.65. The zero-order valence-electron chi connectivity index (χ0n) is 6.60. The Morgan fingerprint density at radius 3 is 1.80 bits per heavy atom. The SMILES string of the molecule is [2H]C([2H])(O)CC([2H])([2H])O. The van der Waals surface area contributed by atoms with E-state index in [0.717, 1.165) is 0 Å². The molecule has 0 aromatic carbocycles. The predicted molar refractivity (Wildman–Crippen MR) is 18.8 cm³/mol. The molecule has 0 aromatic heterocycles. The minimum absolute atomic E-state index is 0.931. The van der Waals surface area contributed by atoms with Crippen LogP contribution in [0.3, 0.4) is 0 Å². The Hall–Kier alpha value is -0.0800. The Balaban J connectivity index is 3.75. The van der Waals surface area contributed by atoms with Gasteiger partial charge in [-0.1, -0.05) is 0 Å². The number of aliphatic hydroxyl groups is 2. The summed E-state index contributed by atoms with van der Waals surface area (Å²) in [6.45, 7) is -5.28. The Kier molecular flexibility index (Phi) is 0.945. The Bertz CT molecular complexity index is 79.0. The molecule has 0 aliphatic carbocycles. The molecule has 2 nitrogen and oxygen atoms in total. The fourth-order valence-corrected chi connectivity index (χ4v) is 0.0354. The predicted octanol–water partition coefficient (Wildman–Crippen LogP) is -0.639. The zero-order chi connectivity index (χ0) is 7.71. The third kappa shape index (κ3) is 3.92. The van der Waals surface area contributed by atoms with E-state index in [9.17, 15) is 0 Å². The second-order valence-corrected chi connectivity index (χ2v) is 0.493. The van der Waals surface area contributed by atoms with Crippen LogP contribution in [0.25, 0.3) is 0 Å². The van der Waals surface area contributed by atoms with Gasteiger partial charge in [0.2, 0.25) is 0 Å². The first kappa shape index (κ1) is 1.21. The normalized spacial score (nSPS) is 26.0. The quantitative estimate of drug-likeness (QED) is 0.463.